The van der Waals surface area contributed by atoms with Gasteiger partial charge in [-0.05, 0) is 23.7 Å². The molecular weight excluding hydrogens is 225 g/mol. The summed E-state index contributed by atoms with van der Waals surface area (Å²) in [7, 11) is 0. The molecule has 0 amide bonds. The maximum Gasteiger partial charge on any atom is 0.255 e. The van der Waals surface area contributed by atoms with Crippen LogP contribution in [0.1, 0.15) is 10.4 Å². The molecule has 0 aliphatic heterocycles. The highest BCUT2D eigenvalue weighted by molar-refractivity contribution is 6.68. The van der Waals surface area contributed by atoms with Gasteiger partial charge >= 0.3 is 0 Å². The van der Waals surface area contributed by atoms with Gasteiger partial charge in [-0.2, -0.15) is 0 Å². The van der Waals surface area contributed by atoms with E-state index < -0.39 is 11.1 Å². The summed E-state index contributed by atoms with van der Waals surface area (Å²) in [5.41, 5.74) is -0.311. The fraction of sp³-hybridized carbons (Fsp3) is 0. The van der Waals surface area contributed by atoms with Gasteiger partial charge in [0.1, 0.15) is 0 Å². The zero-order valence-corrected chi connectivity index (χ0v) is 7.84. The third-order valence-corrected chi connectivity index (χ3v) is 1.90. The third kappa shape index (κ3) is 1.89. The monoisotopic (exact) mass is 226 g/mol. The molecule has 64 valence electrons. The molecule has 0 atom stereocenters. The van der Waals surface area contributed by atoms with Crippen LogP contribution >= 0.6 is 34.8 Å². The Morgan fingerprint density at radius 3 is 2.42 bits per heavy atom. The van der Waals surface area contributed by atoms with Gasteiger partial charge in [-0.25, -0.2) is 4.39 Å². The standard InChI is InChI=1S/C7H2Cl3FO/c8-3-1-4(7(10)12)6(11)5(9)2-3/h1-2H. The van der Waals surface area contributed by atoms with Crippen LogP contribution in [0.2, 0.25) is 10.0 Å². The Labute approximate surface area is 83.0 Å². The molecule has 1 aromatic carbocycles. The van der Waals surface area contributed by atoms with Gasteiger partial charge in [0, 0.05) is 5.02 Å². The average Bonchev–Trinajstić information content (AvgIpc) is 1.96. The summed E-state index contributed by atoms with van der Waals surface area (Å²) >= 11 is 16.0. The van der Waals surface area contributed by atoms with Crippen molar-refractivity contribution in [3.05, 3.63) is 33.6 Å². The van der Waals surface area contributed by atoms with Gasteiger partial charge in [0.25, 0.3) is 5.24 Å². The minimum absolute atomic E-state index is 0.172. The summed E-state index contributed by atoms with van der Waals surface area (Å²) in [4.78, 5) is 10.6. The highest BCUT2D eigenvalue weighted by atomic mass is 35.5. The summed E-state index contributed by atoms with van der Waals surface area (Å²) < 4.78 is 12.9. The van der Waals surface area contributed by atoms with Crippen molar-refractivity contribution < 1.29 is 9.18 Å². The van der Waals surface area contributed by atoms with Gasteiger partial charge in [-0.3, -0.25) is 4.79 Å². The molecule has 1 nitrogen and oxygen atoms in total. The normalized spacial score (nSPS) is 10.0. The smallest absolute Gasteiger partial charge is 0.255 e. The minimum atomic E-state index is -0.920. The van der Waals surface area contributed by atoms with Crippen LogP contribution in [0.3, 0.4) is 0 Å². The van der Waals surface area contributed by atoms with E-state index in [-0.39, 0.29) is 15.6 Å². The molecular formula is C7H2Cl3FO. The molecule has 1 aromatic rings. The number of rotatable bonds is 1. The molecule has 1 rings (SSSR count). The first-order chi connectivity index (χ1) is 5.52. The molecule has 0 aliphatic carbocycles. The van der Waals surface area contributed by atoms with E-state index in [1.807, 2.05) is 0 Å². The maximum atomic E-state index is 12.9. The Kier molecular flexibility index (Phi) is 2.94. The molecule has 0 bridgehead atoms. The Balaban J connectivity index is 3.37. The summed E-state index contributed by atoms with van der Waals surface area (Å²) in [5, 5.41) is -0.964. The molecule has 0 fully saturated rings. The van der Waals surface area contributed by atoms with Crippen LogP contribution in [-0.4, -0.2) is 5.24 Å². The van der Waals surface area contributed by atoms with E-state index in [2.05, 4.69) is 0 Å². The van der Waals surface area contributed by atoms with Crippen molar-refractivity contribution in [2.24, 2.45) is 0 Å². The number of hydrogen-bond donors (Lipinski definition) is 0. The Bertz CT molecular complexity index is 338. The van der Waals surface area contributed by atoms with Crippen LogP contribution in [0.5, 0.6) is 0 Å². The van der Waals surface area contributed by atoms with Gasteiger partial charge in [-0.15, -0.1) is 0 Å². The lowest BCUT2D eigenvalue weighted by Crippen LogP contribution is -1.94. The zero-order valence-electron chi connectivity index (χ0n) is 5.57. The van der Waals surface area contributed by atoms with E-state index >= 15 is 0 Å². The quantitative estimate of drug-likeness (QED) is 0.530. The summed E-state index contributed by atoms with van der Waals surface area (Å²) in [6, 6.07) is 2.32. The molecule has 12 heavy (non-hydrogen) atoms. The molecule has 0 unspecified atom stereocenters. The maximum absolute atomic E-state index is 12.9. The first-order valence-electron chi connectivity index (χ1n) is 2.86. The molecule has 0 aliphatic rings. The fourth-order valence-electron chi connectivity index (χ4n) is 0.699. The van der Waals surface area contributed by atoms with Crippen LogP contribution in [0, 0.1) is 5.82 Å². The minimum Gasteiger partial charge on any atom is -0.275 e. The molecule has 0 aromatic heterocycles. The highest BCUT2D eigenvalue weighted by Gasteiger charge is 2.13. The molecule has 0 saturated heterocycles. The van der Waals surface area contributed by atoms with Crippen LogP contribution in [-0.2, 0) is 0 Å². The molecule has 0 spiro atoms. The predicted octanol–water partition coefficient (Wildman–Crippen LogP) is 3.51. The third-order valence-electron chi connectivity index (χ3n) is 1.20. The van der Waals surface area contributed by atoms with Gasteiger partial charge in [0.15, 0.2) is 5.82 Å². The van der Waals surface area contributed by atoms with E-state index in [9.17, 15) is 9.18 Å². The molecule has 0 heterocycles. The van der Waals surface area contributed by atoms with Gasteiger partial charge in [0.2, 0.25) is 0 Å². The van der Waals surface area contributed by atoms with Crippen molar-refractivity contribution in [3.8, 4) is 0 Å². The Morgan fingerprint density at radius 2 is 1.92 bits per heavy atom. The lowest BCUT2D eigenvalue weighted by atomic mass is 10.2. The van der Waals surface area contributed by atoms with Crippen molar-refractivity contribution >= 4 is 40.0 Å². The van der Waals surface area contributed by atoms with Crippen LogP contribution in [0.15, 0.2) is 12.1 Å². The second-order valence-corrected chi connectivity index (χ2v) is 3.21. The number of halogens is 4. The topological polar surface area (TPSA) is 17.1 Å². The number of hydrogen-bond acceptors (Lipinski definition) is 1. The van der Waals surface area contributed by atoms with Crippen molar-refractivity contribution in [2.75, 3.05) is 0 Å². The second-order valence-electron chi connectivity index (χ2n) is 2.02. The SMILES string of the molecule is O=C(Cl)c1cc(Cl)cc(Cl)c1F. The molecule has 0 saturated carbocycles. The van der Waals surface area contributed by atoms with Crippen molar-refractivity contribution in [3.63, 3.8) is 0 Å². The summed E-state index contributed by atoms with van der Waals surface area (Å²) in [6.45, 7) is 0. The second kappa shape index (κ2) is 3.60. The highest BCUT2D eigenvalue weighted by Crippen LogP contribution is 2.24. The lowest BCUT2D eigenvalue weighted by molar-refractivity contribution is 0.107. The number of benzene rings is 1. The lowest BCUT2D eigenvalue weighted by Gasteiger charge is -1.99. The van der Waals surface area contributed by atoms with Crippen molar-refractivity contribution in [2.45, 2.75) is 0 Å². The molecule has 0 N–H and O–H groups in total. The van der Waals surface area contributed by atoms with E-state index in [1.54, 1.807) is 0 Å². The van der Waals surface area contributed by atoms with Gasteiger partial charge in [-0.1, -0.05) is 23.2 Å². The summed E-state index contributed by atoms with van der Waals surface area (Å²) in [6.07, 6.45) is 0. The number of carbonyl (C=O) groups is 1. The van der Waals surface area contributed by atoms with Gasteiger partial charge < -0.3 is 0 Å². The van der Waals surface area contributed by atoms with E-state index in [4.69, 9.17) is 34.8 Å². The Morgan fingerprint density at radius 1 is 1.33 bits per heavy atom. The zero-order chi connectivity index (χ0) is 9.30. The van der Waals surface area contributed by atoms with E-state index in [0.717, 1.165) is 6.07 Å². The van der Waals surface area contributed by atoms with E-state index in [1.165, 1.54) is 6.07 Å². The largest absolute Gasteiger partial charge is 0.275 e. The predicted molar refractivity (Wildman–Crippen MR) is 46.6 cm³/mol. The van der Waals surface area contributed by atoms with Crippen LogP contribution in [0.4, 0.5) is 4.39 Å². The van der Waals surface area contributed by atoms with Crippen LogP contribution in [0.25, 0.3) is 0 Å². The van der Waals surface area contributed by atoms with Gasteiger partial charge in [0.05, 0.1) is 10.6 Å². The Hall–Kier alpha value is -0.310. The average molecular weight is 227 g/mol. The first kappa shape index (κ1) is 9.78. The molecule has 5 heteroatoms. The van der Waals surface area contributed by atoms with E-state index in [0.29, 0.717) is 0 Å². The molecule has 0 radical (unpaired) electrons. The fourth-order valence-corrected chi connectivity index (χ4v) is 1.33. The van der Waals surface area contributed by atoms with Crippen molar-refractivity contribution in [1.29, 1.82) is 0 Å². The summed E-state index contributed by atoms with van der Waals surface area (Å²) in [5.74, 6) is -0.846. The first-order valence-corrected chi connectivity index (χ1v) is 4.00. The number of carbonyl (C=O) groups excluding carboxylic acids is 1. The van der Waals surface area contributed by atoms with Crippen LogP contribution < -0.4 is 0 Å². The van der Waals surface area contributed by atoms with Crippen molar-refractivity contribution in [1.82, 2.24) is 0 Å².